The number of carbonyl (C=O) groups excluding carboxylic acids is 1. The first-order chi connectivity index (χ1) is 6.27. The number of hydrogen-bond acceptors (Lipinski definition) is 1. The van der Waals surface area contributed by atoms with Gasteiger partial charge in [-0.15, -0.1) is 0 Å². The van der Waals surface area contributed by atoms with Gasteiger partial charge in [-0.25, -0.2) is 0 Å². The number of nitrogens with zero attached hydrogens (tertiary/aromatic N) is 1. The van der Waals surface area contributed by atoms with Gasteiger partial charge < -0.3 is 4.90 Å². The van der Waals surface area contributed by atoms with E-state index in [0.29, 0.717) is 0 Å². The molecule has 0 atom stereocenters. The maximum atomic E-state index is 11.2. The van der Waals surface area contributed by atoms with Crippen molar-refractivity contribution in [3.63, 3.8) is 0 Å². The fraction of sp³-hybridized carbons (Fsp3) is 0.545. The van der Waals surface area contributed by atoms with Crippen LogP contribution in [0.5, 0.6) is 0 Å². The molecule has 13 heavy (non-hydrogen) atoms. The van der Waals surface area contributed by atoms with E-state index in [2.05, 4.69) is 12.2 Å². The van der Waals surface area contributed by atoms with Gasteiger partial charge >= 0.3 is 0 Å². The Hall–Kier alpha value is -1.05. The van der Waals surface area contributed by atoms with Crippen LogP contribution in [0.1, 0.15) is 26.2 Å². The van der Waals surface area contributed by atoms with Crippen molar-refractivity contribution >= 4 is 5.91 Å². The lowest BCUT2D eigenvalue weighted by Crippen LogP contribution is -2.35. The van der Waals surface area contributed by atoms with Crippen LogP contribution < -0.4 is 0 Å². The number of allylic oxidation sites excluding steroid dienone is 1. The third-order valence-corrected chi connectivity index (χ3v) is 2.88. The molecule has 2 aliphatic rings. The quantitative estimate of drug-likeness (QED) is 0.553. The summed E-state index contributed by atoms with van der Waals surface area (Å²) in [6.45, 7) is 3.40. The molecular weight excluding hydrogens is 162 g/mol. The van der Waals surface area contributed by atoms with Gasteiger partial charge in [-0.05, 0) is 24.8 Å². The molecule has 1 amide bonds. The monoisotopic (exact) mass is 177 g/mol. The van der Waals surface area contributed by atoms with Crippen LogP contribution in [0, 0.1) is 0 Å². The smallest absolute Gasteiger partial charge is 0.219 e. The minimum absolute atomic E-state index is 0.200. The summed E-state index contributed by atoms with van der Waals surface area (Å²) in [5, 5.41) is 0. The summed E-state index contributed by atoms with van der Waals surface area (Å²) in [6, 6.07) is 0. The fourth-order valence-corrected chi connectivity index (χ4v) is 2.04. The molecule has 0 saturated carbocycles. The molecule has 2 heteroatoms. The lowest BCUT2D eigenvalue weighted by Gasteiger charge is -2.30. The average Bonchev–Trinajstić information content (AvgIpc) is 2.17. The van der Waals surface area contributed by atoms with Crippen LogP contribution in [-0.4, -0.2) is 23.9 Å². The molecule has 0 bridgehead atoms. The summed E-state index contributed by atoms with van der Waals surface area (Å²) >= 11 is 0. The Balaban J connectivity index is 2.14. The van der Waals surface area contributed by atoms with Crippen LogP contribution >= 0.6 is 0 Å². The summed E-state index contributed by atoms with van der Waals surface area (Å²) in [7, 11) is 0. The summed E-state index contributed by atoms with van der Waals surface area (Å²) in [6.07, 6.45) is 7.87. The van der Waals surface area contributed by atoms with Gasteiger partial charge in [0.05, 0.1) is 0 Å². The summed E-state index contributed by atoms with van der Waals surface area (Å²) in [4.78, 5) is 13.1. The molecule has 0 aromatic heterocycles. The number of carbonyl (C=O) groups is 1. The second kappa shape index (κ2) is 3.36. The molecule has 0 N–H and O–H groups in total. The van der Waals surface area contributed by atoms with Gasteiger partial charge in [0.1, 0.15) is 0 Å². The van der Waals surface area contributed by atoms with E-state index in [1.54, 1.807) is 12.5 Å². The van der Waals surface area contributed by atoms with Crippen molar-refractivity contribution in [2.75, 3.05) is 13.1 Å². The minimum atomic E-state index is 0.200. The topological polar surface area (TPSA) is 20.3 Å². The Morgan fingerprint density at radius 2 is 2.31 bits per heavy atom. The Morgan fingerprint density at radius 3 is 3.08 bits per heavy atom. The molecule has 0 saturated heterocycles. The van der Waals surface area contributed by atoms with E-state index in [1.165, 1.54) is 18.4 Å². The summed E-state index contributed by atoms with van der Waals surface area (Å²) in [5.41, 5.74) is 2.95. The highest BCUT2D eigenvalue weighted by Crippen LogP contribution is 2.26. The van der Waals surface area contributed by atoms with Gasteiger partial charge in [0.2, 0.25) is 5.91 Å². The van der Waals surface area contributed by atoms with E-state index in [9.17, 15) is 4.79 Å². The van der Waals surface area contributed by atoms with Gasteiger partial charge in [0, 0.05) is 20.0 Å². The maximum Gasteiger partial charge on any atom is 0.219 e. The Labute approximate surface area is 78.9 Å². The van der Waals surface area contributed by atoms with Crippen molar-refractivity contribution < 1.29 is 4.79 Å². The van der Waals surface area contributed by atoms with E-state index in [0.717, 1.165) is 19.5 Å². The van der Waals surface area contributed by atoms with Crippen molar-refractivity contribution in [2.45, 2.75) is 26.2 Å². The first-order valence-electron chi connectivity index (χ1n) is 4.90. The zero-order chi connectivity index (χ0) is 9.26. The molecule has 2 nitrogen and oxygen atoms in total. The molecule has 70 valence electrons. The highest BCUT2D eigenvalue weighted by atomic mass is 16.2. The van der Waals surface area contributed by atoms with Gasteiger partial charge in [-0.2, -0.15) is 0 Å². The second-order valence-corrected chi connectivity index (χ2v) is 3.76. The average molecular weight is 177 g/mol. The summed E-state index contributed by atoms with van der Waals surface area (Å²) in [5.74, 6) is 0.200. The number of rotatable bonds is 0. The van der Waals surface area contributed by atoms with Crippen LogP contribution in [-0.2, 0) is 4.79 Å². The molecule has 0 fully saturated rings. The normalized spacial score (nSPS) is 21.8. The third kappa shape index (κ3) is 1.67. The highest BCUT2D eigenvalue weighted by Gasteiger charge is 2.19. The van der Waals surface area contributed by atoms with Crippen LogP contribution in [0.15, 0.2) is 23.3 Å². The van der Waals surface area contributed by atoms with Crippen molar-refractivity contribution in [3.05, 3.63) is 23.3 Å². The maximum absolute atomic E-state index is 11.2. The van der Waals surface area contributed by atoms with Gasteiger partial charge in [-0.1, -0.05) is 17.7 Å². The van der Waals surface area contributed by atoms with Gasteiger partial charge in [0.25, 0.3) is 0 Å². The van der Waals surface area contributed by atoms with Crippen molar-refractivity contribution in [1.82, 2.24) is 4.90 Å². The van der Waals surface area contributed by atoms with E-state index in [4.69, 9.17) is 0 Å². The molecule has 1 aliphatic heterocycles. The predicted molar refractivity (Wildman–Crippen MR) is 52.3 cm³/mol. The van der Waals surface area contributed by atoms with Crippen molar-refractivity contribution in [3.8, 4) is 0 Å². The van der Waals surface area contributed by atoms with E-state index in [1.807, 2.05) is 4.90 Å². The molecule has 0 radical (unpaired) electrons. The van der Waals surface area contributed by atoms with Gasteiger partial charge in [-0.3, -0.25) is 4.79 Å². The Kier molecular flexibility index (Phi) is 2.21. The SMILES string of the molecule is CC(=O)N1CCC2=C(C=CCC2)C1. The highest BCUT2D eigenvalue weighted by molar-refractivity contribution is 5.74. The van der Waals surface area contributed by atoms with Crippen molar-refractivity contribution in [2.24, 2.45) is 0 Å². The number of amides is 1. The molecule has 1 aliphatic carbocycles. The molecular formula is C11H15NO. The predicted octanol–water partition coefficient (Wildman–Crippen LogP) is 1.89. The zero-order valence-corrected chi connectivity index (χ0v) is 8.05. The Morgan fingerprint density at radius 1 is 1.46 bits per heavy atom. The van der Waals surface area contributed by atoms with E-state index < -0.39 is 0 Å². The molecule has 0 spiro atoms. The first-order valence-corrected chi connectivity index (χ1v) is 4.90. The van der Waals surface area contributed by atoms with E-state index >= 15 is 0 Å². The molecule has 0 aromatic rings. The fourth-order valence-electron chi connectivity index (χ4n) is 2.04. The van der Waals surface area contributed by atoms with Crippen LogP contribution in [0.25, 0.3) is 0 Å². The lowest BCUT2D eigenvalue weighted by molar-refractivity contribution is -0.128. The zero-order valence-electron chi connectivity index (χ0n) is 8.05. The first kappa shape index (κ1) is 8.54. The lowest BCUT2D eigenvalue weighted by atomic mass is 9.92. The van der Waals surface area contributed by atoms with Crippen LogP contribution in [0.2, 0.25) is 0 Å². The standard InChI is InChI=1S/C11H15NO/c1-9(13)12-7-6-10-4-2-3-5-11(10)8-12/h3,5H,2,4,6-8H2,1H3. The Bertz CT molecular complexity index is 288. The third-order valence-electron chi connectivity index (χ3n) is 2.88. The molecule has 0 aromatic carbocycles. The molecule has 1 heterocycles. The largest absolute Gasteiger partial charge is 0.338 e. The van der Waals surface area contributed by atoms with Crippen LogP contribution in [0.3, 0.4) is 0 Å². The minimum Gasteiger partial charge on any atom is -0.338 e. The molecule has 0 unspecified atom stereocenters. The second-order valence-electron chi connectivity index (χ2n) is 3.76. The van der Waals surface area contributed by atoms with Crippen LogP contribution in [0.4, 0.5) is 0 Å². The summed E-state index contributed by atoms with van der Waals surface area (Å²) < 4.78 is 0. The number of hydrogen-bond donors (Lipinski definition) is 0. The van der Waals surface area contributed by atoms with E-state index in [-0.39, 0.29) is 5.91 Å². The molecule has 2 rings (SSSR count). The van der Waals surface area contributed by atoms with Crippen molar-refractivity contribution in [1.29, 1.82) is 0 Å². The van der Waals surface area contributed by atoms with Gasteiger partial charge in [0.15, 0.2) is 0 Å².